The highest BCUT2D eigenvalue weighted by molar-refractivity contribution is 7.91. The predicted molar refractivity (Wildman–Crippen MR) is 118 cm³/mol. The van der Waals surface area contributed by atoms with Gasteiger partial charge in [0.2, 0.25) is 0 Å². The predicted octanol–water partition coefficient (Wildman–Crippen LogP) is 4.21. The summed E-state index contributed by atoms with van der Waals surface area (Å²) in [6.07, 6.45) is 0.610. The van der Waals surface area contributed by atoms with E-state index in [9.17, 15) is 13.2 Å². The van der Waals surface area contributed by atoms with E-state index < -0.39 is 9.84 Å². The first-order chi connectivity index (χ1) is 13.6. The molecule has 2 heterocycles. The Kier molecular flexibility index (Phi) is 6.56. The molecule has 7 heteroatoms. The third-order valence-electron chi connectivity index (χ3n) is 5.71. The molecule has 2 aromatic rings. The van der Waals surface area contributed by atoms with Crippen LogP contribution in [-0.4, -0.2) is 47.8 Å². The molecule has 0 aliphatic carbocycles. The molecule has 0 N–H and O–H groups in total. The summed E-state index contributed by atoms with van der Waals surface area (Å²) in [7, 11) is -2.98. The molecule has 0 amide bonds. The maximum atomic E-state index is 13.1. The van der Waals surface area contributed by atoms with E-state index in [1.807, 2.05) is 48.7 Å². The van der Waals surface area contributed by atoms with E-state index in [1.165, 1.54) is 0 Å². The second-order valence-corrected chi connectivity index (χ2v) is 10.9. The molecule has 1 aromatic heterocycles. The number of carbonyl (C=O) groups is 1. The second-order valence-electron chi connectivity index (χ2n) is 8.26. The summed E-state index contributed by atoms with van der Waals surface area (Å²) >= 11 is 6.10. The standard InChI is InChI=1S/C22H29ClN2O3S/c1-15(2)24(12-18-6-5-7-19(23)11-18)13-22(26)21-10-16(3)25(17(21)4)20-8-9-29(27,28)14-20/h5-7,10-11,15,20H,8-9,12-14H2,1-4H3. The van der Waals surface area contributed by atoms with Crippen LogP contribution in [0, 0.1) is 13.8 Å². The number of benzene rings is 1. The number of carbonyl (C=O) groups excluding carboxylic acids is 1. The van der Waals surface area contributed by atoms with Crippen LogP contribution in [0.1, 0.15) is 53.6 Å². The fraction of sp³-hybridized carbons (Fsp3) is 0.500. The number of rotatable bonds is 7. The van der Waals surface area contributed by atoms with Crippen molar-refractivity contribution in [1.82, 2.24) is 9.47 Å². The van der Waals surface area contributed by atoms with Crippen molar-refractivity contribution >= 4 is 27.2 Å². The summed E-state index contributed by atoms with van der Waals surface area (Å²) < 4.78 is 25.8. The molecule has 1 aromatic carbocycles. The maximum Gasteiger partial charge on any atom is 0.178 e. The normalized spacial score (nSPS) is 18.7. The molecule has 1 atom stereocenters. The second kappa shape index (κ2) is 8.62. The lowest BCUT2D eigenvalue weighted by molar-refractivity contribution is 0.0897. The maximum absolute atomic E-state index is 13.1. The van der Waals surface area contributed by atoms with Crippen LogP contribution in [0.4, 0.5) is 0 Å². The van der Waals surface area contributed by atoms with E-state index in [1.54, 1.807) is 0 Å². The van der Waals surface area contributed by atoms with Gasteiger partial charge in [0.25, 0.3) is 0 Å². The quantitative estimate of drug-likeness (QED) is 0.610. The van der Waals surface area contributed by atoms with E-state index in [4.69, 9.17) is 11.6 Å². The van der Waals surface area contributed by atoms with Gasteiger partial charge in [0.15, 0.2) is 15.6 Å². The smallest absolute Gasteiger partial charge is 0.178 e. The zero-order chi connectivity index (χ0) is 21.3. The topological polar surface area (TPSA) is 59.4 Å². The van der Waals surface area contributed by atoms with Crippen LogP contribution in [0.25, 0.3) is 0 Å². The minimum absolute atomic E-state index is 0.0564. The molecule has 0 spiro atoms. The van der Waals surface area contributed by atoms with Gasteiger partial charge < -0.3 is 4.57 Å². The number of Topliss-reactive ketones (excluding diaryl/α,β-unsaturated/α-hetero) is 1. The minimum atomic E-state index is -2.98. The molecule has 158 valence electrons. The van der Waals surface area contributed by atoms with Gasteiger partial charge in [-0.1, -0.05) is 23.7 Å². The van der Waals surface area contributed by atoms with E-state index in [-0.39, 0.29) is 29.4 Å². The van der Waals surface area contributed by atoms with Crippen molar-refractivity contribution in [2.75, 3.05) is 18.1 Å². The highest BCUT2D eigenvalue weighted by atomic mass is 35.5. The average molecular weight is 437 g/mol. The lowest BCUT2D eigenvalue weighted by Gasteiger charge is -2.26. The number of nitrogens with zero attached hydrogens (tertiary/aromatic N) is 2. The van der Waals surface area contributed by atoms with Gasteiger partial charge in [-0.15, -0.1) is 0 Å². The zero-order valence-corrected chi connectivity index (χ0v) is 19.1. The number of hydrogen-bond donors (Lipinski definition) is 0. The van der Waals surface area contributed by atoms with Gasteiger partial charge in [-0.25, -0.2) is 8.42 Å². The monoisotopic (exact) mass is 436 g/mol. The third kappa shape index (κ3) is 5.11. The van der Waals surface area contributed by atoms with Crippen molar-refractivity contribution in [3.05, 3.63) is 57.9 Å². The van der Waals surface area contributed by atoms with Gasteiger partial charge in [0.05, 0.1) is 18.1 Å². The SMILES string of the molecule is Cc1cc(C(=O)CN(Cc2cccc(Cl)c2)C(C)C)c(C)n1C1CCS(=O)(=O)C1. The highest BCUT2D eigenvalue weighted by Crippen LogP contribution is 2.29. The Bertz CT molecular complexity index is 1010. The molecule has 0 bridgehead atoms. The van der Waals surface area contributed by atoms with Gasteiger partial charge in [0.1, 0.15) is 0 Å². The number of sulfone groups is 1. The molecule has 0 radical (unpaired) electrons. The van der Waals surface area contributed by atoms with Crippen LogP contribution in [0.2, 0.25) is 5.02 Å². The van der Waals surface area contributed by atoms with Crippen LogP contribution in [-0.2, 0) is 16.4 Å². The van der Waals surface area contributed by atoms with Gasteiger partial charge in [-0.05, 0) is 57.9 Å². The molecule has 1 saturated heterocycles. The van der Waals surface area contributed by atoms with Gasteiger partial charge >= 0.3 is 0 Å². The summed E-state index contributed by atoms with van der Waals surface area (Å²) in [5.74, 6) is 0.434. The van der Waals surface area contributed by atoms with Crippen LogP contribution in [0.3, 0.4) is 0 Å². The Morgan fingerprint density at radius 2 is 2.00 bits per heavy atom. The first-order valence-corrected chi connectivity index (χ1v) is 12.2. The zero-order valence-electron chi connectivity index (χ0n) is 17.5. The molecular weight excluding hydrogens is 408 g/mol. The largest absolute Gasteiger partial charge is 0.344 e. The van der Waals surface area contributed by atoms with Crippen molar-refractivity contribution in [1.29, 1.82) is 0 Å². The van der Waals surface area contributed by atoms with Crippen LogP contribution < -0.4 is 0 Å². The molecule has 1 fully saturated rings. The van der Waals surface area contributed by atoms with Crippen molar-refractivity contribution in [3.8, 4) is 0 Å². The van der Waals surface area contributed by atoms with Crippen molar-refractivity contribution in [3.63, 3.8) is 0 Å². The Hall–Kier alpha value is -1.63. The summed E-state index contributed by atoms with van der Waals surface area (Å²) in [4.78, 5) is 15.3. The Morgan fingerprint density at radius 1 is 1.28 bits per heavy atom. The van der Waals surface area contributed by atoms with E-state index in [0.717, 1.165) is 17.0 Å². The lowest BCUT2D eigenvalue weighted by Crippen LogP contribution is -2.35. The van der Waals surface area contributed by atoms with Gasteiger partial charge in [-0.2, -0.15) is 0 Å². The first kappa shape index (κ1) is 22.1. The van der Waals surface area contributed by atoms with Gasteiger partial charge in [0, 0.05) is 40.6 Å². The number of ketones is 1. The van der Waals surface area contributed by atoms with Crippen molar-refractivity contribution < 1.29 is 13.2 Å². The molecule has 1 aliphatic rings. The van der Waals surface area contributed by atoms with Crippen LogP contribution >= 0.6 is 11.6 Å². The number of halogens is 1. The highest BCUT2D eigenvalue weighted by Gasteiger charge is 2.32. The summed E-state index contributed by atoms with van der Waals surface area (Å²) in [6.45, 7) is 8.96. The van der Waals surface area contributed by atoms with E-state index in [2.05, 4.69) is 18.7 Å². The summed E-state index contributed by atoms with van der Waals surface area (Å²) in [6, 6.07) is 9.72. The Morgan fingerprint density at radius 3 is 2.59 bits per heavy atom. The van der Waals surface area contributed by atoms with Crippen LogP contribution in [0.15, 0.2) is 30.3 Å². The summed E-state index contributed by atoms with van der Waals surface area (Å²) in [5, 5.41) is 0.688. The summed E-state index contributed by atoms with van der Waals surface area (Å²) in [5.41, 5.74) is 3.56. The number of aryl methyl sites for hydroxylation is 1. The molecule has 3 rings (SSSR count). The molecule has 1 unspecified atom stereocenters. The van der Waals surface area contributed by atoms with E-state index in [0.29, 0.717) is 30.1 Å². The van der Waals surface area contributed by atoms with Crippen molar-refractivity contribution in [2.24, 2.45) is 0 Å². The fourth-order valence-corrected chi connectivity index (χ4v) is 6.07. The molecule has 1 aliphatic heterocycles. The van der Waals surface area contributed by atoms with Crippen LogP contribution in [0.5, 0.6) is 0 Å². The Labute approximate surface area is 178 Å². The average Bonchev–Trinajstić information content (AvgIpc) is 3.12. The fourth-order valence-electron chi connectivity index (χ4n) is 4.16. The minimum Gasteiger partial charge on any atom is -0.344 e. The first-order valence-electron chi connectivity index (χ1n) is 9.98. The third-order valence-corrected chi connectivity index (χ3v) is 7.70. The molecule has 29 heavy (non-hydrogen) atoms. The Balaban J connectivity index is 1.79. The lowest BCUT2D eigenvalue weighted by atomic mass is 10.1. The van der Waals surface area contributed by atoms with Gasteiger partial charge in [-0.3, -0.25) is 9.69 Å². The molecule has 0 saturated carbocycles. The number of aromatic nitrogens is 1. The van der Waals surface area contributed by atoms with Crippen molar-refractivity contribution in [2.45, 2.75) is 52.7 Å². The molecular formula is C22H29ClN2O3S. The molecule has 5 nitrogen and oxygen atoms in total. The van der Waals surface area contributed by atoms with E-state index >= 15 is 0 Å². The number of hydrogen-bond acceptors (Lipinski definition) is 4.